The van der Waals surface area contributed by atoms with E-state index in [9.17, 15) is 0 Å². The van der Waals surface area contributed by atoms with Crippen LogP contribution in [0.25, 0.3) is 0 Å². The molecule has 2 aliphatic rings. The zero-order chi connectivity index (χ0) is 21.7. The molecule has 2 fully saturated rings. The predicted octanol–water partition coefficient (Wildman–Crippen LogP) is 9.13. The van der Waals surface area contributed by atoms with Crippen molar-refractivity contribution in [3.63, 3.8) is 0 Å². The quantitative estimate of drug-likeness (QED) is 0.351. The van der Waals surface area contributed by atoms with E-state index in [1.54, 1.807) is 0 Å². The summed E-state index contributed by atoms with van der Waals surface area (Å²) in [6.07, 6.45) is 25.9. The summed E-state index contributed by atoms with van der Waals surface area (Å²) in [6.45, 7) is 4.56. The SMILES string of the molecule is CCCCC1CCC(CCC2CCC(/C=C/C#Cc3ccc(CCC)cc3)CC2)CC1. The molecule has 170 valence electrons. The van der Waals surface area contributed by atoms with Crippen molar-refractivity contribution < 1.29 is 0 Å². The first-order valence-electron chi connectivity index (χ1n) is 13.5. The molecule has 2 aliphatic carbocycles. The molecule has 0 nitrogen and oxygen atoms in total. The lowest BCUT2D eigenvalue weighted by Crippen LogP contribution is -2.17. The molecule has 0 heteroatoms. The van der Waals surface area contributed by atoms with Crippen LogP contribution in [0.4, 0.5) is 0 Å². The van der Waals surface area contributed by atoms with Gasteiger partial charge in [-0.2, -0.15) is 0 Å². The van der Waals surface area contributed by atoms with Crippen molar-refractivity contribution in [2.24, 2.45) is 23.7 Å². The Balaban J connectivity index is 1.29. The van der Waals surface area contributed by atoms with Crippen LogP contribution in [-0.4, -0.2) is 0 Å². The topological polar surface area (TPSA) is 0 Å². The summed E-state index contributed by atoms with van der Waals surface area (Å²) in [4.78, 5) is 0. The fourth-order valence-electron chi connectivity index (χ4n) is 5.80. The minimum Gasteiger partial charge on any atom is -0.0730 e. The van der Waals surface area contributed by atoms with Crippen LogP contribution in [0.5, 0.6) is 0 Å². The number of hydrogen-bond donors (Lipinski definition) is 0. The second-order valence-corrected chi connectivity index (χ2v) is 10.5. The Bertz CT molecular complexity index is 682. The Labute approximate surface area is 193 Å². The van der Waals surface area contributed by atoms with Gasteiger partial charge in [0.1, 0.15) is 0 Å². The van der Waals surface area contributed by atoms with Gasteiger partial charge in [-0.05, 0) is 79.5 Å². The monoisotopic (exact) mass is 418 g/mol. The average Bonchev–Trinajstić information content (AvgIpc) is 2.82. The maximum absolute atomic E-state index is 3.30. The molecule has 0 saturated heterocycles. The van der Waals surface area contributed by atoms with Crippen molar-refractivity contribution in [3.05, 3.63) is 47.5 Å². The van der Waals surface area contributed by atoms with Crippen molar-refractivity contribution in [3.8, 4) is 11.8 Å². The Morgan fingerprint density at radius 3 is 1.90 bits per heavy atom. The third-order valence-corrected chi connectivity index (χ3v) is 7.97. The van der Waals surface area contributed by atoms with Crippen molar-refractivity contribution >= 4 is 0 Å². The standard InChI is InChI=1S/C31H46/c1-3-5-9-27-16-20-30(21-17-27)24-25-31-22-18-29(19-23-31)11-7-6-10-28-14-12-26(8-4-2)13-15-28/h7,11-15,27,29-31H,3-5,8-9,16-25H2,1-2H3/b11-7+. The first-order chi connectivity index (χ1) is 15.3. The minimum absolute atomic E-state index is 0.756. The number of rotatable bonds is 9. The van der Waals surface area contributed by atoms with Gasteiger partial charge in [-0.3, -0.25) is 0 Å². The molecular weight excluding hydrogens is 372 g/mol. The highest BCUT2D eigenvalue weighted by molar-refractivity contribution is 5.38. The summed E-state index contributed by atoms with van der Waals surface area (Å²) in [7, 11) is 0. The maximum Gasteiger partial charge on any atom is 0.0249 e. The van der Waals surface area contributed by atoms with Gasteiger partial charge in [-0.15, -0.1) is 0 Å². The van der Waals surface area contributed by atoms with E-state index in [2.05, 4.69) is 62.1 Å². The molecule has 0 spiro atoms. The molecular formula is C31H46. The molecule has 0 aromatic heterocycles. The van der Waals surface area contributed by atoms with Crippen LogP contribution >= 0.6 is 0 Å². The van der Waals surface area contributed by atoms with Crippen LogP contribution in [0.15, 0.2) is 36.4 Å². The fraction of sp³-hybridized carbons (Fsp3) is 0.677. The molecule has 0 unspecified atom stereocenters. The first-order valence-corrected chi connectivity index (χ1v) is 13.5. The number of hydrogen-bond acceptors (Lipinski definition) is 0. The number of benzene rings is 1. The van der Waals surface area contributed by atoms with E-state index in [1.807, 2.05) is 0 Å². The van der Waals surface area contributed by atoms with E-state index in [0.717, 1.165) is 35.7 Å². The lowest BCUT2D eigenvalue weighted by Gasteiger charge is -2.31. The van der Waals surface area contributed by atoms with Crippen LogP contribution in [0.2, 0.25) is 0 Å². The summed E-state index contributed by atoms with van der Waals surface area (Å²) in [5, 5.41) is 0. The number of aryl methyl sites for hydroxylation is 1. The van der Waals surface area contributed by atoms with Crippen molar-refractivity contribution in [1.82, 2.24) is 0 Å². The molecule has 1 aromatic carbocycles. The Hall–Kier alpha value is -1.48. The lowest BCUT2D eigenvalue weighted by molar-refractivity contribution is 0.220. The van der Waals surface area contributed by atoms with Gasteiger partial charge < -0.3 is 0 Å². The van der Waals surface area contributed by atoms with Gasteiger partial charge in [-0.25, -0.2) is 0 Å². The summed E-state index contributed by atoms with van der Waals surface area (Å²) < 4.78 is 0. The third kappa shape index (κ3) is 8.88. The lowest BCUT2D eigenvalue weighted by atomic mass is 9.75. The zero-order valence-corrected chi connectivity index (χ0v) is 20.4. The second kappa shape index (κ2) is 13.8. The normalized spacial score (nSPS) is 26.5. The number of allylic oxidation sites excluding steroid dienone is 2. The summed E-state index contributed by atoms with van der Waals surface area (Å²) >= 11 is 0. The summed E-state index contributed by atoms with van der Waals surface area (Å²) in [5.74, 6) is 10.4. The molecule has 0 bridgehead atoms. The van der Waals surface area contributed by atoms with Crippen LogP contribution in [-0.2, 0) is 6.42 Å². The van der Waals surface area contributed by atoms with E-state index in [0.29, 0.717) is 0 Å². The van der Waals surface area contributed by atoms with Gasteiger partial charge >= 0.3 is 0 Å². The molecule has 0 heterocycles. The van der Waals surface area contributed by atoms with Crippen LogP contribution < -0.4 is 0 Å². The van der Waals surface area contributed by atoms with Crippen LogP contribution in [0, 0.1) is 35.5 Å². The van der Waals surface area contributed by atoms with E-state index >= 15 is 0 Å². The molecule has 2 saturated carbocycles. The second-order valence-electron chi connectivity index (χ2n) is 10.5. The first kappa shape index (κ1) is 24.2. The maximum atomic E-state index is 3.30. The molecule has 0 radical (unpaired) electrons. The highest BCUT2D eigenvalue weighted by atomic mass is 14.3. The molecule has 0 aliphatic heterocycles. The molecule has 1 aromatic rings. The van der Waals surface area contributed by atoms with Gasteiger partial charge in [0.25, 0.3) is 0 Å². The van der Waals surface area contributed by atoms with Gasteiger partial charge in [0.15, 0.2) is 0 Å². The van der Waals surface area contributed by atoms with E-state index in [-0.39, 0.29) is 0 Å². The van der Waals surface area contributed by atoms with Gasteiger partial charge in [0, 0.05) is 5.56 Å². The van der Waals surface area contributed by atoms with Gasteiger partial charge in [-0.1, -0.05) is 108 Å². The Morgan fingerprint density at radius 2 is 1.32 bits per heavy atom. The summed E-state index contributed by atoms with van der Waals surface area (Å²) in [5.41, 5.74) is 2.55. The fourth-order valence-corrected chi connectivity index (χ4v) is 5.80. The van der Waals surface area contributed by atoms with E-state index in [1.165, 1.54) is 95.5 Å². The van der Waals surface area contributed by atoms with E-state index in [4.69, 9.17) is 0 Å². The summed E-state index contributed by atoms with van der Waals surface area (Å²) in [6, 6.07) is 8.76. The zero-order valence-electron chi connectivity index (χ0n) is 20.4. The minimum atomic E-state index is 0.756. The van der Waals surface area contributed by atoms with Crippen molar-refractivity contribution in [2.75, 3.05) is 0 Å². The third-order valence-electron chi connectivity index (χ3n) is 7.97. The molecule has 0 amide bonds. The highest BCUT2D eigenvalue weighted by Gasteiger charge is 2.23. The van der Waals surface area contributed by atoms with Gasteiger partial charge in [0.2, 0.25) is 0 Å². The van der Waals surface area contributed by atoms with Crippen LogP contribution in [0.3, 0.4) is 0 Å². The molecule has 0 N–H and O–H groups in total. The van der Waals surface area contributed by atoms with Gasteiger partial charge in [0.05, 0.1) is 0 Å². The van der Waals surface area contributed by atoms with Crippen LogP contribution in [0.1, 0.15) is 115 Å². The van der Waals surface area contributed by atoms with Crippen molar-refractivity contribution in [2.45, 2.75) is 110 Å². The molecule has 31 heavy (non-hydrogen) atoms. The number of unbranched alkanes of at least 4 members (excludes halogenated alkanes) is 1. The average molecular weight is 419 g/mol. The Kier molecular flexibility index (Phi) is 10.8. The molecule has 0 atom stereocenters. The largest absolute Gasteiger partial charge is 0.0730 e. The smallest absolute Gasteiger partial charge is 0.0249 e. The Morgan fingerprint density at radius 1 is 0.742 bits per heavy atom. The highest BCUT2D eigenvalue weighted by Crippen LogP contribution is 2.37. The predicted molar refractivity (Wildman–Crippen MR) is 136 cm³/mol. The van der Waals surface area contributed by atoms with E-state index < -0.39 is 0 Å². The van der Waals surface area contributed by atoms with Crippen molar-refractivity contribution in [1.29, 1.82) is 0 Å². The molecule has 3 rings (SSSR count).